The van der Waals surface area contributed by atoms with Gasteiger partial charge in [0.2, 0.25) is 5.91 Å². The van der Waals surface area contributed by atoms with Crippen LogP contribution in [0.4, 0.5) is 14.9 Å². The highest BCUT2D eigenvalue weighted by molar-refractivity contribution is 5.90. The predicted octanol–water partition coefficient (Wildman–Crippen LogP) is 1.94. The number of hydrogen-bond acceptors (Lipinski definition) is 7. The molecule has 3 aromatic rings. The van der Waals surface area contributed by atoms with Gasteiger partial charge in [0.05, 0.1) is 43.5 Å². The van der Waals surface area contributed by atoms with Gasteiger partial charge in [0.15, 0.2) is 0 Å². The average Bonchev–Trinajstić information content (AvgIpc) is 3.38. The van der Waals surface area contributed by atoms with E-state index < -0.39 is 18.0 Å². The van der Waals surface area contributed by atoms with Crippen LogP contribution >= 0.6 is 0 Å². The normalized spacial score (nSPS) is 15.9. The zero-order chi connectivity index (χ0) is 23.4. The molecular weight excluding hydrogens is 433 g/mol. The zero-order valence-electron chi connectivity index (χ0n) is 17.8. The number of aliphatic hydroxyl groups is 1. The van der Waals surface area contributed by atoms with Crippen molar-refractivity contribution in [3.8, 4) is 11.1 Å². The lowest BCUT2D eigenvalue weighted by atomic mass is 10.1. The first kappa shape index (κ1) is 22.2. The summed E-state index contributed by atoms with van der Waals surface area (Å²) in [5.41, 5.74) is 2.59. The van der Waals surface area contributed by atoms with Crippen LogP contribution in [0, 0.1) is 5.82 Å². The van der Waals surface area contributed by atoms with E-state index in [1.54, 1.807) is 41.1 Å². The number of ether oxygens (including phenoxy) is 1. The second-order valence-electron chi connectivity index (χ2n) is 7.34. The highest BCUT2D eigenvalue weighted by Gasteiger charge is 2.32. The largest absolute Gasteiger partial charge is 0.442 e. The number of halogens is 1. The Balaban J connectivity index is 1.51. The van der Waals surface area contributed by atoms with Gasteiger partial charge in [-0.1, -0.05) is 5.16 Å². The Morgan fingerprint density at radius 2 is 2.27 bits per heavy atom. The van der Waals surface area contributed by atoms with E-state index in [4.69, 9.17) is 14.7 Å². The number of oxime groups is 1. The molecule has 0 radical (unpaired) electrons. The molecule has 4 rings (SSSR count). The molecule has 1 atom stereocenters. The van der Waals surface area contributed by atoms with Gasteiger partial charge < -0.3 is 20.0 Å². The zero-order valence-corrected chi connectivity index (χ0v) is 17.8. The molecule has 1 aliphatic rings. The Kier molecular flexibility index (Phi) is 6.50. The summed E-state index contributed by atoms with van der Waals surface area (Å²) in [5, 5.41) is 15.1. The number of fused-ring (bicyclic) bond motifs is 1. The number of amides is 2. The summed E-state index contributed by atoms with van der Waals surface area (Å²) in [6.45, 7) is 1.76. The number of aromatic nitrogens is 2. The van der Waals surface area contributed by atoms with Gasteiger partial charge in [-0.15, -0.1) is 0 Å². The van der Waals surface area contributed by atoms with Crippen LogP contribution in [-0.2, 0) is 14.4 Å². The maximum absolute atomic E-state index is 15.0. The van der Waals surface area contributed by atoms with Crippen LogP contribution in [0.15, 0.2) is 47.9 Å². The van der Waals surface area contributed by atoms with Gasteiger partial charge in [0.1, 0.15) is 24.2 Å². The van der Waals surface area contributed by atoms with Crippen molar-refractivity contribution >= 4 is 29.5 Å². The number of nitrogens with zero attached hydrogens (tertiary/aromatic N) is 4. The number of cyclic esters (lactones) is 1. The number of nitrogens with one attached hydrogen (secondary N) is 1. The summed E-state index contributed by atoms with van der Waals surface area (Å²) < 4.78 is 22.0. The second-order valence-corrected chi connectivity index (χ2v) is 7.34. The highest BCUT2D eigenvalue weighted by Crippen LogP contribution is 2.29. The lowest BCUT2D eigenvalue weighted by molar-refractivity contribution is -0.119. The number of hydrogen-bond donors (Lipinski definition) is 2. The molecule has 3 heterocycles. The van der Waals surface area contributed by atoms with E-state index in [0.29, 0.717) is 28.2 Å². The fourth-order valence-corrected chi connectivity index (χ4v) is 3.45. The van der Waals surface area contributed by atoms with Crippen molar-refractivity contribution in [2.75, 3.05) is 31.2 Å². The molecule has 1 fully saturated rings. The fraction of sp³-hybridized carbons (Fsp3) is 0.273. The van der Waals surface area contributed by atoms with Crippen LogP contribution in [0.25, 0.3) is 16.8 Å². The molecule has 0 spiro atoms. The standard InChI is InChI=1S/C22H22FN5O5/c1-14(30)24-12-18-13-28(22(31)33-18)16-2-3-19(20(23)9-16)15-4-5-27-17(10-25-21(27)8-15)11-26-32-7-6-29/h2-5,8-11,18,29H,6-7,12-13H2,1H3,(H,24,30)/t18-/m0/s1. The van der Waals surface area contributed by atoms with Crippen molar-refractivity contribution < 1.29 is 28.7 Å². The third-order valence-electron chi connectivity index (χ3n) is 5.01. The summed E-state index contributed by atoms with van der Waals surface area (Å²) in [5.74, 6) is -0.718. The van der Waals surface area contributed by atoms with E-state index in [1.165, 1.54) is 24.1 Å². The molecule has 1 aliphatic heterocycles. The fourth-order valence-electron chi connectivity index (χ4n) is 3.45. The first-order valence-corrected chi connectivity index (χ1v) is 10.2. The number of carbonyl (C=O) groups is 2. The Hall–Kier alpha value is -3.99. The molecule has 11 heteroatoms. The third-order valence-corrected chi connectivity index (χ3v) is 5.01. The van der Waals surface area contributed by atoms with Crippen LogP contribution in [0.1, 0.15) is 12.6 Å². The van der Waals surface area contributed by atoms with Gasteiger partial charge in [0.25, 0.3) is 0 Å². The maximum atomic E-state index is 15.0. The van der Waals surface area contributed by atoms with Crippen molar-refractivity contribution in [1.82, 2.24) is 14.7 Å². The lowest BCUT2D eigenvalue weighted by Gasteiger charge is -2.14. The number of pyridine rings is 1. The SMILES string of the molecule is CC(=O)NC[C@H]1CN(c2ccc(-c3ccn4c(C=NOCCO)cnc4c3)c(F)c2)C(=O)O1. The number of anilines is 1. The minimum Gasteiger partial charge on any atom is -0.442 e. The third kappa shape index (κ3) is 4.93. The van der Waals surface area contributed by atoms with Gasteiger partial charge in [-0.2, -0.15) is 0 Å². The quantitative estimate of drug-likeness (QED) is 0.305. The summed E-state index contributed by atoms with van der Waals surface area (Å²) in [6.07, 6.45) is 3.72. The Morgan fingerprint density at radius 1 is 1.42 bits per heavy atom. The van der Waals surface area contributed by atoms with Crippen LogP contribution < -0.4 is 10.2 Å². The van der Waals surface area contributed by atoms with E-state index in [9.17, 15) is 14.0 Å². The van der Waals surface area contributed by atoms with E-state index in [0.717, 1.165) is 0 Å². The molecule has 0 bridgehead atoms. The molecule has 2 N–H and O–H groups in total. The number of imidazole rings is 1. The van der Waals surface area contributed by atoms with E-state index in [-0.39, 0.29) is 32.2 Å². The van der Waals surface area contributed by atoms with Crippen LogP contribution in [0.3, 0.4) is 0 Å². The number of benzene rings is 1. The number of aliphatic hydroxyl groups excluding tert-OH is 1. The summed E-state index contributed by atoms with van der Waals surface area (Å²) >= 11 is 0. The van der Waals surface area contributed by atoms with Gasteiger partial charge in [-0.05, 0) is 35.9 Å². The van der Waals surface area contributed by atoms with Gasteiger partial charge in [-0.25, -0.2) is 14.2 Å². The molecule has 0 saturated carbocycles. The smallest absolute Gasteiger partial charge is 0.414 e. The van der Waals surface area contributed by atoms with Gasteiger partial charge >= 0.3 is 6.09 Å². The molecular formula is C22H22FN5O5. The predicted molar refractivity (Wildman–Crippen MR) is 118 cm³/mol. The van der Waals surface area contributed by atoms with Crippen molar-refractivity contribution in [2.24, 2.45) is 5.16 Å². The van der Waals surface area contributed by atoms with Crippen molar-refractivity contribution in [1.29, 1.82) is 0 Å². The Morgan fingerprint density at radius 3 is 3.03 bits per heavy atom. The molecule has 1 saturated heterocycles. The highest BCUT2D eigenvalue weighted by atomic mass is 19.1. The lowest BCUT2D eigenvalue weighted by Crippen LogP contribution is -2.33. The Bertz CT molecular complexity index is 1210. The topological polar surface area (TPSA) is 118 Å². The van der Waals surface area contributed by atoms with Gasteiger partial charge in [0, 0.05) is 18.7 Å². The minimum absolute atomic E-state index is 0.0950. The maximum Gasteiger partial charge on any atom is 0.414 e. The molecule has 2 aromatic heterocycles. The molecule has 33 heavy (non-hydrogen) atoms. The summed E-state index contributed by atoms with van der Waals surface area (Å²) in [6, 6.07) is 8.00. The number of carbonyl (C=O) groups excluding carboxylic acids is 2. The van der Waals surface area contributed by atoms with Crippen molar-refractivity contribution in [3.05, 3.63) is 54.2 Å². The summed E-state index contributed by atoms with van der Waals surface area (Å²) in [4.78, 5) is 33.8. The molecule has 0 aliphatic carbocycles. The summed E-state index contributed by atoms with van der Waals surface area (Å²) in [7, 11) is 0. The number of rotatable bonds is 8. The minimum atomic E-state index is -0.589. The van der Waals surface area contributed by atoms with Gasteiger partial charge in [-0.3, -0.25) is 14.1 Å². The van der Waals surface area contributed by atoms with Crippen LogP contribution in [0.5, 0.6) is 0 Å². The monoisotopic (exact) mass is 455 g/mol. The van der Waals surface area contributed by atoms with Crippen LogP contribution in [-0.4, -0.2) is 65.1 Å². The molecule has 2 amide bonds. The van der Waals surface area contributed by atoms with E-state index >= 15 is 0 Å². The first-order chi connectivity index (χ1) is 16.0. The Labute approximate surface area is 188 Å². The van der Waals surface area contributed by atoms with Crippen LogP contribution in [0.2, 0.25) is 0 Å². The van der Waals surface area contributed by atoms with E-state index in [2.05, 4.69) is 15.5 Å². The van der Waals surface area contributed by atoms with Crippen molar-refractivity contribution in [2.45, 2.75) is 13.0 Å². The average molecular weight is 455 g/mol. The van der Waals surface area contributed by atoms with Crippen molar-refractivity contribution in [3.63, 3.8) is 0 Å². The molecule has 1 aromatic carbocycles. The molecule has 172 valence electrons. The molecule has 10 nitrogen and oxygen atoms in total. The van der Waals surface area contributed by atoms with E-state index in [1.807, 2.05) is 0 Å². The molecule has 0 unspecified atom stereocenters. The first-order valence-electron chi connectivity index (χ1n) is 10.2. The second kappa shape index (κ2) is 9.65.